The van der Waals surface area contributed by atoms with Gasteiger partial charge in [0.2, 0.25) is 0 Å². The molecule has 0 aromatic heterocycles. The van der Waals surface area contributed by atoms with Crippen LogP contribution < -0.4 is 16.0 Å². The summed E-state index contributed by atoms with van der Waals surface area (Å²) >= 11 is 7.80. The van der Waals surface area contributed by atoms with Gasteiger partial charge in [-0.1, -0.05) is 23.7 Å². The van der Waals surface area contributed by atoms with Crippen LogP contribution in [0.5, 0.6) is 5.75 Å². The lowest BCUT2D eigenvalue weighted by Crippen LogP contribution is -2.29. The van der Waals surface area contributed by atoms with Crippen LogP contribution in [0.2, 0.25) is 5.02 Å². The molecule has 1 atom stereocenters. The number of ether oxygens (including phenoxy) is 1. The van der Waals surface area contributed by atoms with Crippen molar-refractivity contribution in [3.05, 3.63) is 58.6 Å². The number of thioether (sulfide) groups is 1. The number of rotatable bonds is 6. The Morgan fingerprint density at radius 3 is 2.52 bits per heavy atom. The second kappa shape index (κ2) is 7.71. The van der Waals surface area contributed by atoms with Gasteiger partial charge in [-0.15, -0.1) is 11.8 Å². The summed E-state index contributed by atoms with van der Waals surface area (Å²) in [6.07, 6.45) is 2.77. The number of hydrogen-bond donors (Lipinski definition) is 2. The molecule has 112 valence electrons. The molecule has 0 fully saturated rings. The van der Waals surface area contributed by atoms with Gasteiger partial charge < -0.3 is 4.74 Å². The van der Waals surface area contributed by atoms with Crippen LogP contribution in [0.1, 0.15) is 17.2 Å². The van der Waals surface area contributed by atoms with E-state index >= 15 is 0 Å². The minimum absolute atomic E-state index is 0.00766. The van der Waals surface area contributed by atoms with E-state index in [4.69, 9.17) is 22.2 Å². The van der Waals surface area contributed by atoms with Crippen LogP contribution in [-0.4, -0.2) is 13.4 Å². The average molecular weight is 323 g/mol. The fraction of sp³-hybridized carbons (Fsp3) is 0.250. The Morgan fingerprint density at radius 1 is 1.24 bits per heavy atom. The number of benzene rings is 2. The Balaban J connectivity index is 2.23. The summed E-state index contributed by atoms with van der Waals surface area (Å²) in [5, 5.41) is 0.694. The van der Waals surface area contributed by atoms with Gasteiger partial charge in [-0.2, -0.15) is 0 Å². The van der Waals surface area contributed by atoms with Crippen molar-refractivity contribution in [2.45, 2.75) is 17.4 Å². The second-order valence-corrected chi connectivity index (χ2v) is 5.97. The highest BCUT2D eigenvalue weighted by atomic mass is 35.5. The summed E-state index contributed by atoms with van der Waals surface area (Å²) in [5.74, 6) is 6.54. The molecule has 3 nitrogen and oxygen atoms in total. The van der Waals surface area contributed by atoms with Gasteiger partial charge >= 0.3 is 0 Å². The Hall–Kier alpha value is -1.20. The van der Waals surface area contributed by atoms with Crippen LogP contribution in [-0.2, 0) is 6.42 Å². The highest BCUT2D eigenvalue weighted by molar-refractivity contribution is 7.98. The highest BCUT2D eigenvalue weighted by Gasteiger charge is 2.14. The fourth-order valence-corrected chi connectivity index (χ4v) is 2.84. The molecular weight excluding hydrogens is 304 g/mol. The normalized spacial score (nSPS) is 12.2. The van der Waals surface area contributed by atoms with Gasteiger partial charge in [-0.25, -0.2) is 0 Å². The molecule has 0 saturated carbocycles. The molecule has 0 radical (unpaired) electrons. The molecule has 3 N–H and O–H groups in total. The van der Waals surface area contributed by atoms with Crippen molar-refractivity contribution in [2.24, 2.45) is 5.84 Å². The largest absolute Gasteiger partial charge is 0.496 e. The number of hydrogen-bond acceptors (Lipinski definition) is 4. The van der Waals surface area contributed by atoms with Gasteiger partial charge in [0, 0.05) is 9.92 Å². The first kappa shape index (κ1) is 16.2. The zero-order chi connectivity index (χ0) is 15.2. The molecule has 21 heavy (non-hydrogen) atoms. The quantitative estimate of drug-likeness (QED) is 0.482. The van der Waals surface area contributed by atoms with Crippen molar-refractivity contribution in [1.29, 1.82) is 0 Å². The monoisotopic (exact) mass is 322 g/mol. The van der Waals surface area contributed by atoms with Crippen LogP contribution >= 0.6 is 23.4 Å². The number of hydrazine groups is 1. The van der Waals surface area contributed by atoms with Crippen LogP contribution in [0.15, 0.2) is 47.4 Å². The molecule has 2 aromatic carbocycles. The van der Waals surface area contributed by atoms with Gasteiger partial charge in [-0.05, 0) is 54.1 Å². The SMILES string of the molecule is COc1ccc(Cl)cc1CC(NN)c1ccc(SC)cc1. The molecule has 0 amide bonds. The van der Waals surface area contributed by atoms with Crippen molar-refractivity contribution in [3.8, 4) is 5.75 Å². The minimum atomic E-state index is 0.00766. The molecular formula is C16H19ClN2OS. The summed E-state index contributed by atoms with van der Waals surface area (Å²) in [7, 11) is 1.66. The second-order valence-electron chi connectivity index (χ2n) is 4.65. The van der Waals surface area contributed by atoms with Crippen molar-refractivity contribution in [3.63, 3.8) is 0 Å². The summed E-state index contributed by atoms with van der Waals surface area (Å²) < 4.78 is 5.39. The zero-order valence-corrected chi connectivity index (χ0v) is 13.7. The van der Waals surface area contributed by atoms with Crippen LogP contribution in [0, 0.1) is 0 Å². The van der Waals surface area contributed by atoms with E-state index in [0.717, 1.165) is 16.9 Å². The van der Waals surface area contributed by atoms with E-state index in [1.807, 2.05) is 18.2 Å². The average Bonchev–Trinajstić information content (AvgIpc) is 2.53. The van der Waals surface area contributed by atoms with E-state index in [9.17, 15) is 0 Å². The van der Waals surface area contributed by atoms with Crippen molar-refractivity contribution in [1.82, 2.24) is 5.43 Å². The van der Waals surface area contributed by atoms with Crippen LogP contribution in [0.25, 0.3) is 0 Å². The minimum Gasteiger partial charge on any atom is -0.496 e. The van der Waals surface area contributed by atoms with E-state index in [2.05, 4.69) is 35.9 Å². The number of nitrogens with one attached hydrogen (secondary N) is 1. The third-order valence-electron chi connectivity index (χ3n) is 3.39. The van der Waals surface area contributed by atoms with Gasteiger partial charge in [0.1, 0.15) is 5.75 Å². The molecule has 1 unspecified atom stereocenters. The molecule has 0 aliphatic heterocycles. The van der Waals surface area contributed by atoms with Crippen LogP contribution in [0.4, 0.5) is 0 Å². The van der Waals surface area contributed by atoms with Crippen molar-refractivity contribution < 1.29 is 4.74 Å². The number of methoxy groups -OCH3 is 1. The first-order valence-electron chi connectivity index (χ1n) is 6.60. The van der Waals surface area contributed by atoms with E-state index in [-0.39, 0.29) is 6.04 Å². The third kappa shape index (κ3) is 4.14. The smallest absolute Gasteiger partial charge is 0.122 e. The van der Waals surface area contributed by atoms with Gasteiger partial charge in [0.25, 0.3) is 0 Å². The predicted molar refractivity (Wildman–Crippen MR) is 90.0 cm³/mol. The van der Waals surface area contributed by atoms with E-state index in [1.165, 1.54) is 4.90 Å². The first-order chi connectivity index (χ1) is 10.2. The maximum atomic E-state index is 6.08. The molecule has 0 aliphatic carbocycles. The van der Waals surface area contributed by atoms with E-state index < -0.39 is 0 Å². The molecule has 0 saturated heterocycles. The molecule has 2 aromatic rings. The standard InChI is InChI=1S/C16H19ClN2OS/c1-20-16-8-5-13(17)9-12(16)10-15(19-18)11-3-6-14(21-2)7-4-11/h3-9,15,19H,10,18H2,1-2H3. The molecule has 0 aliphatic rings. The summed E-state index contributed by atoms with van der Waals surface area (Å²) in [5.41, 5.74) is 5.04. The molecule has 0 spiro atoms. The lowest BCUT2D eigenvalue weighted by Gasteiger charge is -2.18. The van der Waals surface area contributed by atoms with Gasteiger partial charge in [-0.3, -0.25) is 11.3 Å². The first-order valence-corrected chi connectivity index (χ1v) is 8.20. The summed E-state index contributed by atoms with van der Waals surface area (Å²) in [6, 6.07) is 14.0. The zero-order valence-electron chi connectivity index (χ0n) is 12.1. The molecule has 0 bridgehead atoms. The summed E-state index contributed by atoms with van der Waals surface area (Å²) in [6.45, 7) is 0. The number of nitrogens with two attached hydrogens (primary N) is 1. The Morgan fingerprint density at radius 2 is 1.95 bits per heavy atom. The third-order valence-corrected chi connectivity index (χ3v) is 4.36. The Bertz CT molecular complexity index is 589. The molecule has 5 heteroatoms. The molecule has 2 rings (SSSR count). The van der Waals surface area contributed by atoms with Gasteiger partial charge in [0.15, 0.2) is 0 Å². The summed E-state index contributed by atoms with van der Waals surface area (Å²) in [4.78, 5) is 1.23. The predicted octanol–water partition coefficient (Wildman–Crippen LogP) is 3.82. The highest BCUT2D eigenvalue weighted by Crippen LogP contribution is 2.28. The maximum Gasteiger partial charge on any atom is 0.122 e. The van der Waals surface area contributed by atoms with Crippen molar-refractivity contribution in [2.75, 3.05) is 13.4 Å². The topological polar surface area (TPSA) is 47.3 Å². The van der Waals surface area contributed by atoms with Crippen molar-refractivity contribution >= 4 is 23.4 Å². The fourth-order valence-electron chi connectivity index (χ4n) is 2.24. The maximum absolute atomic E-state index is 6.08. The Kier molecular flexibility index (Phi) is 5.94. The lowest BCUT2D eigenvalue weighted by molar-refractivity contribution is 0.405. The van der Waals surface area contributed by atoms with Gasteiger partial charge in [0.05, 0.1) is 13.2 Å². The molecule has 0 heterocycles. The Labute approximate surface area is 134 Å². The lowest BCUT2D eigenvalue weighted by atomic mass is 9.99. The number of halogens is 1. The van der Waals surface area contributed by atoms with E-state index in [0.29, 0.717) is 11.4 Å². The van der Waals surface area contributed by atoms with E-state index in [1.54, 1.807) is 18.9 Å². The van der Waals surface area contributed by atoms with Crippen LogP contribution in [0.3, 0.4) is 0 Å².